The fourth-order valence-electron chi connectivity index (χ4n) is 1.15. The monoisotopic (exact) mass is 161 g/mol. The second-order valence-corrected chi connectivity index (χ2v) is 2.77. The van der Waals surface area contributed by atoms with Gasteiger partial charge in [0.15, 0.2) is 6.29 Å². The lowest BCUT2D eigenvalue weighted by Crippen LogP contribution is -2.53. The van der Waals surface area contributed by atoms with Crippen molar-refractivity contribution in [1.82, 2.24) is 4.90 Å². The Kier molecular flexibility index (Phi) is 3.26. The summed E-state index contributed by atoms with van der Waals surface area (Å²) in [4.78, 5) is 2.09. The zero-order valence-corrected chi connectivity index (χ0v) is 6.99. The highest BCUT2D eigenvalue weighted by Crippen LogP contribution is 2.08. The van der Waals surface area contributed by atoms with Crippen LogP contribution in [0.25, 0.3) is 0 Å². The van der Waals surface area contributed by atoms with Crippen molar-refractivity contribution in [3.8, 4) is 0 Å². The van der Waals surface area contributed by atoms with Gasteiger partial charge in [0.25, 0.3) is 0 Å². The molecule has 0 aliphatic carbocycles. The first-order valence-electron chi connectivity index (χ1n) is 3.72. The van der Waals surface area contributed by atoms with Gasteiger partial charge in [0, 0.05) is 33.9 Å². The molecule has 0 aromatic rings. The number of aliphatic hydroxyl groups excluding tert-OH is 1. The van der Waals surface area contributed by atoms with Crippen molar-refractivity contribution in [3.05, 3.63) is 0 Å². The van der Waals surface area contributed by atoms with Crippen molar-refractivity contribution < 1.29 is 14.6 Å². The number of methoxy groups -OCH3 is 2. The molecule has 66 valence electrons. The largest absolute Gasteiger partial charge is 0.390 e. The van der Waals surface area contributed by atoms with Gasteiger partial charge in [-0.05, 0) is 0 Å². The number of aliphatic hydroxyl groups is 1. The van der Waals surface area contributed by atoms with E-state index in [1.807, 2.05) is 0 Å². The van der Waals surface area contributed by atoms with E-state index >= 15 is 0 Å². The summed E-state index contributed by atoms with van der Waals surface area (Å²) in [6.07, 6.45) is -0.313. The normalized spacial score (nSPS) is 20.7. The highest BCUT2D eigenvalue weighted by molar-refractivity contribution is 4.78. The quantitative estimate of drug-likeness (QED) is 0.553. The molecule has 0 bridgehead atoms. The molecule has 4 nitrogen and oxygen atoms in total. The summed E-state index contributed by atoms with van der Waals surface area (Å²) < 4.78 is 9.99. The van der Waals surface area contributed by atoms with E-state index in [1.54, 1.807) is 14.2 Å². The number of ether oxygens (including phenoxy) is 2. The molecule has 1 fully saturated rings. The topological polar surface area (TPSA) is 41.9 Å². The highest BCUT2D eigenvalue weighted by atomic mass is 16.7. The summed E-state index contributed by atoms with van der Waals surface area (Å²) in [5.41, 5.74) is 0. The van der Waals surface area contributed by atoms with Gasteiger partial charge in [0.1, 0.15) is 0 Å². The first-order chi connectivity index (χ1) is 5.26. The molecular formula is C7H15NO3. The Balaban J connectivity index is 2.09. The molecule has 0 amide bonds. The third-order valence-corrected chi connectivity index (χ3v) is 1.87. The van der Waals surface area contributed by atoms with Gasteiger partial charge in [-0.15, -0.1) is 0 Å². The van der Waals surface area contributed by atoms with E-state index in [4.69, 9.17) is 14.6 Å². The van der Waals surface area contributed by atoms with Crippen LogP contribution in [0.5, 0.6) is 0 Å². The van der Waals surface area contributed by atoms with Crippen molar-refractivity contribution in [1.29, 1.82) is 0 Å². The molecule has 1 heterocycles. The smallest absolute Gasteiger partial charge is 0.169 e. The molecule has 0 aromatic carbocycles. The zero-order chi connectivity index (χ0) is 8.27. The molecule has 1 N–H and O–H groups in total. The minimum absolute atomic E-state index is 0.149. The second-order valence-electron chi connectivity index (χ2n) is 2.77. The number of rotatable bonds is 4. The Morgan fingerprint density at radius 2 is 2.00 bits per heavy atom. The van der Waals surface area contributed by atoms with Crippen LogP contribution in [0.4, 0.5) is 0 Å². The molecule has 1 saturated heterocycles. The van der Waals surface area contributed by atoms with Gasteiger partial charge in [0.2, 0.25) is 0 Å². The average Bonchev–Trinajstić information content (AvgIpc) is 1.96. The highest BCUT2D eigenvalue weighted by Gasteiger charge is 2.26. The standard InChI is InChI=1S/C7H15NO3/c1-10-7(11-2)5-8-3-6(9)4-8/h6-7,9H,3-5H2,1-2H3. The zero-order valence-electron chi connectivity index (χ0n) is 6.99. The lowest BCUT2D eigenvalue weighted by molar-refractivity contribution is -0.135. The van der Waals surface area contributed by atoms with Crippen LogP contribution < -0.4 is 0 Å². The van der Waals surface area contributed by atoms with E-state index < -0.39 is 0 Å². The maximum atomic E-state index is 8.95. The van der Waals surface area contributed by atoms with Crippen LogP contribution in [0, 0.1) is 0 Å². The third-order valence-electron chi connectivity index (χ3n) is 1.87. The van der Waals surface area contributed by atoms with Gasteiger partial charge in [0.05, 0.1) is 6.10 Å². The van der Waals surface area contributed by atoms with Crippen LogP contribution in [0.2, 0.25) is 0 Å². The lowest BCUT2D eigenvalue weighted by Gasteiger charge is -2.37. The molecule has 11 heavy (non-hydrogen) atoms. The second kappa shape index (κ2) is 4.01. The minimum atomic E-state index is -0.164. The molecule has 0 saturated carbocycles. The van der Waals surface area contributed by atoms with Crippen LogP contribution >= 0.6 is 0 Å². The summed E-state index contributed by atoms with van der Waals surface area (Å²) >= 11 is 0. The van der Waals surface area contributed by atoms with E-state index in [0.717, 1.165) is 19.6 Å². The van der Waals surface area contributed by atoms with Gasteiger partial charge >= 0.3 is 0 Å². The molecule has 1 aliphatic rings. The van der Waals surface area contributed by atoms with E-state index in [1.165, 1.54) is 0 Å². The van der Waals surface area contributed by atoms with E-state index in [9.17, 15) is 0 Å². The number of hydrogen-bond donors (Lipinski definition) is 1. The van der Waals surface area contributed by atoms with Crippen molar-refractivity contribution in [2.24, 2.45) is 0 Å². The predicted octanol–water partition coefficient (Wildman–Crippen LogP) is -0.718. The Bertz CT molecular complexity index is 110. The number of β-amino-alcohol motifs (C(OH)–C–C–N with tert-alkyl or cyclic N) is 1. The Morgan fingerprint density at radius 3 is 2.36 bits per heavy atom. The Morgan fingerprint density at radius 1 is 1.45 bits per heavy atom. The van der Waals surface area contributed by atoms with E-state index in [-0.39, 0.29) is 12.4 Å². The maximum Gasteiger partial charge on any atom is 0.169 e. The van der Waals surface area contributed by atoms with Crippen LogP contribution in [0.3, 0.4) is 0 Å². The molecule has 0 unspecified atom stereocenters. The van der Waals surface area contributed by atoms with Gasteiger partial charge in [-0.2, -0.15) is 0 Å². The number of nitrogens with zero attached hydrogens (tertiary/aromatic N) is 1. The first-order valence-corrected chi connectivity index (χ1v) is 3.72. The van der Waals surface area contributed by atoms with Crippen molar-refractivity contribution in [3.63, 3.8) is 0 Å². The fourth-order valence-corrected chi connectivity index (χ4v) is 1.15. The van der Waals surface area contributed by atoms with Gasteiger partial charge in [-0.25, -0.2) is 0 Å². The Labute approximate surface area is 66.7 Å². The molecule has 0 spiro atoms. The SMILES string of the molecule is COC(CN1CC(O)C1)OC. The van der Waals surface area contributed by atoms with Crippen LogP contribution in [0.15, 0.2) is 0 Å². The molecular weight excluding hydrogens is 146 g/mol. The van der Waals surface area contributed by atoms with Crippen molar-refractivity contribution in [2.45, 2.75) is 12.4 Å². The third kappa shape index (κ3) is 2.41. The van der Waals surface area contributed by atoms with E-state index in [0.29, 0.717) is 0 Å². The number of hydrogen-bond acceptors (Lipinski definition) is 4. The molecule has 0 radical (unpaired) electrons. The molecule has 1 aliphatic heterocycles. The molecule has 4 heteroatoms. The summed E-state index contributed by atoms with van der Waals surface area (Å²) in [6, 6.07) is 0. The summed E-state index contributed by atoms with van der Waals surface area (Å²) in [6.45, 7) is 2.22. The summed E-state index contributed by atoms with van der Waals surface area (Å²) in [7, 11) is 3.23. The predicted molar refractivity (Wildman–Crippen MR) is 40.3 cm³/mol. The minimum Gasteiger partial charge on any atom is -0.390 e. The van der Waals surface area contributed by atoms with Crippen LogP contribution in [0.1, 0.15) is 0 Å². The van der Waals surface area contributed by atoms with Gasteiger partial charge in [-0.1, -0.05) is 0 Å². The Hall–Kier alpha value is -0.160. The lowest BCUT2D eigenvalue weighted by atomic mass is 10.2. The molecule has 1 rings (SSSR count). The summed E-state index contributed by atoms with van der Waals surface area (Å²) in [5.74, 6) is 0. The fraction of sp³-hybridized carbons (Fsp3) is 1.00. The van der Waals surface area contributed by atoms with Gasteiger partial charge < -0.3 is 14.6 Å². The van der Waals surface area contributed by atoms with Crippen LogP contribution in [-0.4, -0.2) is 56.3 Å². The van der Waals surface area contributed by atoms with Crippen LogP contribution in [-0.2, 0) is 9.47 Å². The average molecular weight is 161 g/mol. The van der Waals surface area contributed by atoms with Gasteiger partial charge in [-0.3, -0.25) is 4.90 Å². The van der Waals surface area contributed by atoms with Crippen molar-refractivity contribution >= 4 is 0 Å². The number of likely N-dealkylation sites (tertiary alicyclic amines) is 1. The van der Waals surface area contributed by atoms with Crippen molar-refractivity contribution in [2.75, 3.05) is 33.9 Å². The molecule has 0 aromatic heterocycles. The van der Waals surface area contributed by atoms with E-state index in [2.05, 4.69) is 4.90 Å². The maximum absolute atomic E-state index is 8.95. The first kappa shape index (κ1) is 8.93. The molecule has 0 atom stereocenters. The summed E-state index contributed by atoms with van der Waals surface area (Å²) in [5, 5.41) is 8.95.